The van der Waals surface area contributed by atoms with Gasteiger partial charge in [-0.25, -0.2) is 13.2 Å². The van der Waals surface area contributed by atoms with Gasteiger partial charge in [0, 0.05) is 11.1 Å². The third kappa shape index (κ3) is 2.49. The first-order valence-corrected chi connectivity index (χ1v) is 5.99. The van der Waals surface area contributed by atoms with Gasteiger partial charge in [-0.05, 0) is 19.1 Å². The molecule has 2 N–H and O–H groups in total. The van der Waals surface area contributed by atoms with Gasteiger partial charge in [-0.2, -0.15) is 0 Å². The lowest BCUT2D eigenvalue weighted by atomic mass is 9.96. The lowest BCUT2D eigenvalue weighted by Gasteiger charge is -2.17. The van der Waals surface area contributed by atoms with Crippen LogP contribution in [-0.2, 0) is 0 Å². The number of benzene rings is 2. The summed E-state index contributed by atoms with van der Waals surface area (Å²) in [5, 5.41) is 0. The van der Waals surface area contributed by atoms with E-state index in [9.17, 15) is 13.2 Å². The first-order chi connectivity index (χ1) is 9.45. The molecule has 2 rings (SSSR count). The number of methoxy groups -OCH3 is 1. The molecule has 0 radical (unpaired) electrons. The Morgan fingerprint density at radius 3 is 2.35 bits per heavy atom. The number of nitrogens with two attached hydrogens (primary N) is 1. The molecule has 2 aromatic rings. The Morgan fingerprint density at radius 1 is 1.00 bits per heavy atom. The van der Waals surface area contributed by atoms with Crippen LogP contribution >= 0.6 is 0 Å². The van der Waals surface area contributed by atoms with Gasteiger partial charge in [0.05, 0.1) is 13.2 Å². The summed E-state index contributed by atoms with van der Waals surface area (Å²) in [5.74, 6) is -3.58. The maximum Gasteiger partial charge on any atom is 0.194 e. The minimum atomic E-state index is -1.52. The van der Waals surface area contributed by atoms with Crippen LogP contribution in [-0.4, -0.2) is 7.11 Å². The van der Waals surface area contributed by atoms with Crippen LogP contribution in [0.5, 0.6) is 5.75 Å². The second-order valence-corrected chi connectivity index (χ2v) is 4.49. The van der Waals surface area contributed by atoms with Gasteiger partial charge in [-0.3, -0.25) is 0 Å². The summed E-state index contributed by atoms with van der Waals surface area (Å²) in [6.07, 6.45) is 0. The third-order valence-corrected chi connectivity index (χ3v) is 3.12. The molecule has 0 heterocycles. The monoisotopic (exact) mass is 281 g/mol. The van der Waals surface area contributed by atoms with E-state index >= 15 is 0 Å². The fourth-order valence-corrected chi connectivity index (χ4v) is 2.05. The quantitative estimate of drug-likeness (QED) is 0.874. The smallest absolute Gasteiger partial charge is 0.194 e. The number of hydrogen-bond acceptors (Lipinski definition) is 2. The Morgan fingerprint density at radius 2 is 1.70 bits per heavy atom. The van der Waals surface area contributed by atoms with Crippen LogP contribution in [0.15, 0.2) is 30.3 Å². The van der Waals surface area contributed by atoms with Gasteiger partial charge in [-0.1, -0.05) is 23.8 Å². The molecule has 106 valence electrons. The highest BCUT2D eigenvalue weighted by molar-refractivity contribution is 5.44. The maximum atomic E-state index is 13.8. The second kappa shape index (κ2) is 5.54. The minimum Gasteiger partial charge on any atom is -0.496 e. The molecule has 0 spiro atoms. The first kappa shape index (κ1) is 14.4. The van der Waals surface area contributed by atoms with Crippen molar-refractivity contribution in [1.29, 1.82) is 0 Å². The van der Waals surface area contributed by atoms with Gasteiger partial charge < -0.3 is 10.5 Å². The van der Waals surface area contributed by atoms with Gasteiger partial charge >= 0.3 is 0 Å². The van der Waals surface area contributed by atoms with Crippen molar-refractivity contribution in [3.05, 3.63) is 64.5 Å². The Balaban J connectivity index is 2.54. The van der Waals surface area contributed by atoms with Crippen molar-refractivity contribution in [2.75, 3.05) is 7.11 Å². The lowest BCUT2D eigenvalue weighted by Crippen LogP contribution is -2.16. The molecule has 2 nitrogen and oxygen atoms in total. The van der Waals surface area contributed by atoms with E-state index in [0.717, 1.165) is 17.7 Å². The summed E-state index contributed by atoms with van der Waals surface area (Å²) in [5.41, 5.74) is 7.27. The average molecular weight is 281 g/mol. The van der Waals surface area contributed by atoms with E-state index < -0.39 is 23.5 Å². The van der Waals surface area contributed by atoms with Gasteiger partial charge in [-0.15, -0.1) is 0 Å². The summed E-state index contributed by atoms with van der Waals surface area (Å²) in [6.45, 7) is 1.84. The van der Waals surface area contributed by atoms with Crippen molar-refractivity contribution in [2.45, 2.75) is 13.0 Å². The van der Waals surface area contributed by atoms with Crippen molar-refractivity contribution < 1.29 is 17.9 Å². The highest BCUT2D eigenvalue weighted by atomic mass is 19.2. The number of halogens is 3. The molecular formula is C15H14F3NO. The van der Waals surface area contributed by atoms with Crippen molar-refractivity contribution >= 4 is 0 Å². The van der Waals surface area contributed by atoms with E-state index in [1.54, 1.807) is 12.1 Å². The van der Waals surface area contributed by atoms with Crippen LogP contribution in [0.3, 0.4) is 0 Å². The maximum absolute atomic E-state index is 13.8. The molecule has 1 atom stereocenters. The fraction of sp³-hybridized carbons (Fsp3) is 0.200. The van der Waals surface area contributed by atoms with E-state index in [4.69, 9.17) is 10.5 Å². The zero-order valence-corrected chi connectivity index (χ0v) is 11.1. The molecule has 0 aliphatic carbocycles. The number of ether oxygens (including phenoxy) is 1. The van der Waals surface area contributed by atoms with E-state index in [1.165, 1.54) is 7.11 Å². The van der Waals surface area contributed by atoms with Gasteiger partial charge in [0.1, 0.15) is 5.75 Å². The van der Waals surface area contributed by atoms with Crippen LogP contribution in [0.2, 0.25) is 0 Å². The van der Waals surface area contributed by atoms with Crippen LogP contribution in [0.1, 0.15) is 22.7 Å². The molecule has 0 fully saturated rings. The summed E-state index contributed by atoms with van der Waals surface area (Å²) >= 11 is 0. The molecule has 0 amide bonds. The van der Waals surface area contributed by atoms with E-state index in [1.807, 2.05) is 13.0 Å². The number of rotatable bonds is 3. The zero-order chi connectivity index (χ0) is 14.9. The fourth-order valence-electron chi connectivity index (χ4n) is 2.05. The molecule has 20 heavy (non-hydrogen) atoms. The molecule has 5 heteroatoms. The van der Waals surface area contributed by atoms with E-state index in [0.29, 0.717) is 11.3 Å². The van der Waals surface area contributed by atoms with Crippen molar-refractivity contribution in [1.82, 2.24) is 0 Å². The molecule has 1 unspecified atom stereocenters. The lowest BCUT2D eigenvalue weighted by molar-refractivity contribution is 0.405. The summed E-state index contributed by atoms with van der Waals surface area (Å²) < 4.78 is 45.2. The molecular weight excluding hydrogens is 267 g/mol. The molecule has 0 saturated heterocycles. The Bertz CT molecular complexity index is 643. The summed E-state index contributed by atoms with van der Waals surface area (Å²) in [7, 11) is 1.46. The Labute approximate surface area is 115 Å². The van der Waals surface area contributed by atoms with Crippen molar-refractivity contribution in [2.24, 2.45) is 5.73 Å². The molecule has 0 aromatic heterocycles. The SMILES string of the molecule is COc1ccc(C)cc1C(N)c1ccc(F)c(F)c1F. The van der Waals surface area contributed by atoms with Gasteiger partial charge in [0.15, 0.2) is 17.5 Å². The topological polar surface area (TPSA) is 35.2 Å². The molecule has 0 aliphatic heterocycles. The zero-order valence-electron chi connectivity index (χ0n) is 11.1. The van der Waals surface area contributed by atoms with Gasteiger partial charge in [0.2, 0.25) is 0 Å². The van der Waals surface area contributed by atoms with Crippen LogP contribution in [0.25, 0.3) is 0 Å². The largest absolute Gasteiger partial charge is 0.496 e. The normalized spacial score (nSPS) is 12.3. The highest BCUT2D eigenvalue weighted by Crippen LogP contribution is 2.31. The Kier molecular flexibility index (Phi) is 3.99. The van der Waals surface area contributed by atoms with Crippen LogP contribution < -0.4 is 10.5 Å². The summed E-state index contributed by atoms with van der Waals surface area (Å²) in [4.78, 5) is 0. The third-order valence-electron chi connectivity index (χ3n) is 3.12. The minimum absolute atomic E-state index is 0.118. The predicted molar refractivity (Wildman–Crippen MR) is 70.1 cm³/mol. The summed E-state index contributed by atoms with van der Waals surface area (Å²) in [6, 6.07) is 6.29. The number of hydrogen-bond donors (Lipinski definition) is 1. The molecule has 2 aromatic carbocycles. The molecule has 0 saturated carbocycles. The molecule has 0 aliphatic rings. The van der Waals surface area contributed by atoms with Crippen LogP contribution in [0, 0.1) is 24.4 Å². The van der Waals surface area contributed by atoms with E-state index in [2.05, 4.69) is 0 Å². The van der Waals surface area contributed by atoms with E-state index in [-0.39, 0.29) is 5.56 Å². The Hall–Kier alpha value is -2.01. The highest BCUT2D eigenvalue weighted by Gasteiger charge is 2.21. The van der Waals surface area contributed by atoms with Gasteiger partial charge in [0.25, 0.3) is 0 Å². The van der Waals surface area contributed by atoms with Crippen molar-refractivity contribution in [3.63, 3.8) is 0 Å². The number of aryl methyl sites for hydroxylation is 1. The van der Waals surface area contributed by atoms with Crippen LogP contribution in [0.4, 0.5) is 13.2 Å². The van der Waals surface area contributed by atoms with Crippen molar-refractivity contribution in [3.8, 4) is 5.75 Å². The standard InChI is InChI=1S/C15H14F3NO/c1-8-3-6-12(20-2)10(7-8)15(19)9-4-5-11(16)14(18)13(9)17/h3-7,15H,19H2,1-2H3. The molecule has 0 bridgehead atoms. The second-order valence-electron chi connectivity index (χ2n) is 4.49. The average Bonchev–Trinajstić information content (AvgIpc) is 2.44. The predicted octanol–water partition coefficient (Wildman–Crippen LogP) is 3.47. The first-order valence-electron chi connectivity index (χ1n) is 5.99.